The topological polar surface area (TPSA) is 50.7 Å². The molecular formula is C13H14N2O2. The van der Waals surface area contributed by atoms with Crippen LogP contribution in [0.5, 0.6) is 0 Å². The number of piperidine rings is 1. The van der Waals surface area contributed by atoms with Crippen LogP contribution in [0.25, 0.3) is 0 Å². The Bertz CT molecular complexity index is 496. The van der Waals surface area contributed by atoms with Gasteiger partial charge < -0.3 is 4.74 Å². The molecule has 0 bridgehead atoms. The van der Waals surface area contributed by atoms with Gasteiger partial charge >= 0.3 is 5.97 Å². The van der Waals surface area contributed by atoms with Crippen LogP contribution in [0.4, 0.5) is 5.69 Å². The maximum atomic E-state index is 11.5. The molecule has 3 rings (SSSR count). The van der Waals surface area contributed by atoms with Gasteiger partial charge in [-0.3, -0.25) is 15.1 Å². The monoisotopic (exact) mass is 230 g/mol. The Balaban J connectivity index is 1.88. The number of fused-ring (bicyclic) bond motifs is 3. The molecule has 1 aromatic carbocycles. The molecule has 4 nitrogen and oxygen atoms in total. The van der Waals surface area contributed by atoms with Gasteiger partial charge in [0.1, 0.15) is 6.04 Å². The number of rotatable bonds is 1. The van der Waals surface area contributed by atoms with Gasteiger partial charge in [-0.25, -0.2) is 0 Å². The number of carbonyl (C=O) groups is 1. The average Bonchev–Trinajstić information content (AvgIpc) is 2.75. The first-order valence-electron chi connectivity index (χ1n) is 5.77. The van der Waals surface area contributed by atoms with E-state index in [1.807, 2.05) is 18.2 Å². The molecule has 17 heavy (non-hydrogen) atoms. The first-order valence-corrected chi connectivity index (χ1v) is 5.77. The summed E-state index contributed by atoms with van der Waals surface area (Å²) in [7, 11) is 1.43. The zero-order chi connectivity index (χ0) is 11.8. The van der Waals surface area contributed by atoms with E-state index in [2.05, 4.69) is 16.4 Å². The summed E-state index contributed by atoms with van der Waals surface area (Å²) in [6.07, 6.45) is 0.739. The largest absolute Gasteiger partial charge is 0.468 e. The molecule has 0 radical (unpaired) electrons. The van der Waals surface area contributed by atoms with Gasteiger partial charge in [-0.15, -0.1) is 0 Å². The highest BCUT2D eigenvalue weighted by Gasteiger charge is 2.36. The van der Waals surface area contributed by atoms with Gasteiger partial charge in [0, 0.05) is 18.2 Å². The maximum absolute atomic E-state index is 11.5. The van der Waals surface area contributed by atoms with E-state index in [-0.39, 0.29) is 17.9 Å². The lowest BCUT2D eigenvalue weighted by Crippen LogP contribution is -2.47. The summed E-state index contributed by atoms with van der Waals surface area (Å²) in [5.74, 6) is 0.0879. The second kappa shape index (κ2) is 3.96. The van der Waals surface area contributed by atoms with E-state index in [0.717, 1.165) is 17.8 Å². The van der Waals surface area contributed by atoms with Gasteiger partial charge in [-0.05, 0) is 18.1 Å². The highest BCUT2D eigenvalue weighted by molar-refractivity contribution is 6.01. The predicted molar refractivity (Wildman–Crippen MR) is 64.7 cm³/mol. The summed E-state index contributed by atoms with van der Waals surface area (Å²) in [6, 6.07) is 7.91. The van der Waals surface area contributed by atoms with E-state index < -0.39 is 0 Å². The lowest BCUT2D eigenvalue weighted by Gasteiger charge is -2.27. The van der Waals surface area contributed by atoms with E-state index >= 15 is 0 Å². The van der Waals surface area contributed by atoms with E-state index in [4.69, 9.17) is 4.74 Å². The van der Waals surface area contributed by atoms with Crippen molar-refractivity contribution in [3.63, 3.8) is 0 Å². The Labute approximate surface area is 99.7 Å². The number of esters is 1. The van der Waals surface area contributed by atoms with Crippen molar-refractivity contribution in [2.24, 2.45) is 4.99 Å². The van der Waals surface area contributed by atoms with Gasteiger partial charge in [0.05, 0.1) is 12.8 Å². The summed E-state index contributed by atoms with van der Waals surface area (Å²) < 4.78 is 4.78. The van der Waals surface area contributed by atoms with Gasteiger partial charge in [-0.1, -0.05) is 18.2 Å². The van der Waals surface area contributed by atoms with Crippen molar-refractivity contribution in [3.8, 4) is 0 Å². The third-order valence-electron chi connectivity index (χ3n) is 3.47. The summed E-state index contributed by atoms with van der Waals surface area (Å²) in [5.41, 5.74) is 3.41. The van der Waals surface area contributed by atoms with Gasteiger partial charge in [-0.2, -0.15) is 0 Å². The molecule has 2 heterocycles. The van der Waals surface area contributed by atoms with Crippen molar-refractivity contribution in [2.45, 2.75) is 18.4 Å². The highest BCUT2D eigenvalue weighted by Crippen LogP contribution is 2.39. The van der Waals surface area contributed by atoms with E-state index in [1.165, 1.54) is 12.7 Å². The molecule has 1 saturated heterocycles. The van der Waals surface area contributed by atoms with Gasteiger partial charge in [0.15, 0.2) is 0 Å². The summed E-state index contributed by atoms with van der Waals surface area (Å²) in [4.78, 5) is 16.1. The van der Waals surface area contributed by atoms with Crippen molar-refractivity contribution in [1.82, 2.24) is 5.32 Å². The van der Waals surface area contributed by atoms with Crippen molar-refractivity contribution < 1.29 is 9.53 Å². The van der Waals surface area contributed by atoms with Crippen LogP contribution in [0.15, 0.2) is 29.3 Å². The first-order chi connectivity index (χ1) is 8.29. The van der Waals surface area contributed by atoms with Crippen LogP contribution in [0.3, 0.4) is 0 Å². The number of hydrogen-bond acceptors (Lipinski definition) is 4. The second-order valence-electron chi connectivity index (χ2n) is 4.41. The molecule has 1 N–H and O–H groups in total. The van der Waals surface area contributed by atoms with Crippen LogP contribution in [-0.2, 0) is 9.53 Å². The quantitative estimate of drug-likeness (QED) is 0.742. The third-order valence-corrected chi connectivity index (χ3v) is 3.47. The van der Waals surface area contributed by atoms with E-state index in [9.17, 15) is 4.79 Å². The minimum Gasteiger partial charge on any atom is -0.468 e. The number of benzene rings is 1. The van der Waals surface area contributed by atoms with Crippen LogP contribution in [0.1, 0.15) is 17.9 Å². The van der Waals surface area contributed by atoms with Crippen molar-refractivity contribution in [1.29, 1.82) is 0 Å². The van der Waals surface area contributed by atoms with Crippen molar-refractivity contribution in [3.05, 3.63) is 29.8 Å². The minimum absolute atomic E-state index is 0.187. The number of para-hydroxylation sites is 1. The number of nitrogens with zero attached hydrogens (tertiary/aromatic N) is 1. The number of hydrogen-bond donors (Lipinski definition) is 1. The first kappa shape index (κ1) is 10.5. The molecule has 0 aromatic heterocycles. The SMILES string of the molecule is COC(=O)C1CC2C(=Nc3ccccc32)CN1. The van der Waals surface area contributed by atoms with Crippen molar-refractivity contribution in [2.75, 3.05) is 13.7 Å². The smallest absolute Gasteiger partial charge is 0.322 e. The molecular weight excluding hydrogens is 216 g/mol. The molecule has 1 aromatic rings. The fourth-order valence-electron chi connectivity index (χ4n) is 2.59. The number of nitrogens with one attached hydrogen (secondary N) is 1. The molecule has 0 amide bonds. The summed E-state index contributed by atoms with van der Waals surface area (Å²) in [6.45, 7) is 0.666. The maximum Gasteiger partial charge on any atom is 0.322 e. The highest BCUT2D eigenvalue weighted by atomic mass is 16.5. The number of carbonyl (C=O) groups excluding carboxylic acids is 1. The molecule has 0 aliphatic carbocycles. The Morgan fingerprint density at radius 3 is 3.12 bits per heavy atom. The Kier molecular flexibility index (Phi) is 2.44. The van der Waals surface area contributed by atoms with Crippen LogP contribution < -0.4 is 5.32 Å². The van der Waals surface area contributed by atoms with Crippen LogP contribution >= 0.6 is 0 Å². The lowest BCUT2D eigenvalue weighted by atomic mass is 9.86. The lowest BCUT2D eigenvalue weighted by molar-refractivity contribution is -0.143. The second-order valence-corrected chi connectivity index (χ2v) is 4.41. The molecule has 0 saturated carbocycles. The zero-order valence-electron chi connectivity index (χ0n) is 9.64. The fraction of sp³-hybridized carbons (Fsp3) is 0.385. The molecule has 1 fully saturated rings. The number of ether oxygens (including phenoxy) is 1. The molecule has 2 aliphatic rings. The molecule has 88 valence electrons. The molecule has 2 atom stereocenters. The zero-order valence-corrected chi connectivity index (χ0v) is 9.64. The summed E-state index contributed by atoms with van der Waals surface area (Å²) >= 11 is 0. The Morgan fingerprint density at radius 2 is 2.29 bits per heavy atom. The number of aliphatic imine (C=N–C) groups is 1. The molecule has 0 spiro atoms. The summed E-state index contributed by atoms with van der Waals surface area (Å²) in [5, 5.41) is 3.17. The standard InChI is InChI=1S/C13H14N2O2/c1-17-13(16)11-6-9-8-4-2-3-5-10(8)15-12(9)7-14-11/h2-5,9,11,14H,6-7H2,1H3. The molecule has 2 unspecified atom stereocenters. The number of methoxy groups -OCH3 is 1. The minimum atomic E-state index is -0.213. The molecule has 2 aliphatic heterocycles. The Morgan fingerprint density at radius 1 is 1.47 bits per heavy atom. The van der Waals surface area contributed by atoms with Crippen LogP contribution in [-0.4, -0.2) is 31.4 Å². The van der Waals surface area contributed by atoms with Gasteiger partial charge in [0.25, 0.3) is 0 Å². The van der Waals surface area contributed by atoms with Gasteiger partial charge in [0.2, 0.25) is 0 Å². The third kappa shape index (κ3) is 1.65. The predicted octanol–water partition coefficient (Wildman–Crippen LogP) is 1.39. The van der Waals surface area contributed by atoms with E-state index in [0.29, 0.717) is 6.54 Å². The van der Waals surface area contributed by atoms with Crippen LogP contribution in [0.2, 0.25) is 0 Å². The molecule has 4 heteroatoms. The van der Waals surface area contributed by atoms with E-state index in [1.54, 1.807) is 0 Å². The normalized spacial score (nSPS) is 25.8. The average molecular weight is 230 g/mol. The Hall–Kier alpha value is -1.68. The van der Waals surface area contributed by atoms with Crippen molar-refractivity contribution >= 4 is 17.4 Å². The fourth-order valence-corrected chi connectivity index (χ4v) is 2.59. The van der Waals surface area contributed by atoms with Crippen LogP contribution in [0, 0.1) is 0 Å².